The minimum atomic E-state index is -4.66. The normalized spacial score (nSPS) is 14.4. The van der Waals surface area contributed by atoms with Gasteiger partial charge in [0.1, 0.15) is 6.29 Å². The van der Waals surface area contributed by atoms with Crippen LogP contribution in [0.25, 0.3) is 44.7 Å². The monoisotopic (exact) mass is 609 g/mol. The molecule has 0 radical (unpaired) electrons. The zero-order chi connectivity index (χ0) is 31.7. The Morgan fingerprint density at radius 1 is 0.933 bits per heavy atom. The van der Waals surface area contributed by atoms with E-state index in [1.165, 1.54) is 16.7 Å². The molecular formula is C35H30F3N5O2. The van der Waals surface area contributed by atoms with Crippen LogP contribution in [0, 0.1) is 6.92 Å². The van der Waals surface area contributed by atoms with Crippen LogP contribution in [0.3, 0.4) is 0 Å². The average molecular weight is 610 g/mol. The van der Waals surface area contributed by atoms with Gasteiger partial charge in [-0.05, 0) is 60.5 Å². The predicted octanol–water partition coefficient (Wildman–Crippen LogP) is 6.45. The first-order chi connectivity index (χ1) is 21.7. The van der Waals surface area contributed by atoms with Gasteiger partial charge in [0.15, 0.2) is 0 Å². The third-order valence-corrected chi connectivity index (χ3v) is 8.18. The van der Waals surface area contributed by atoms with Crippen LogP contribution < -0.4 is 10.5 Å². The number of hydrogen-bond donors (Lipinski definition) is 0. The van der Waals surface area contributed by atoms with Crippen molar-refractivity contribution in [3.05, 3.63) is 113 Å². The van der Waals surface area contributed by atoms with Gasteiger partial charge in [0, 0.05) is 72.4 Å². The number of rotatable bonds is 7. The van der Waals surface area contributed by atoms with Gasteiger partial charge < -0.3 is 9.69 Å². The first-order valence-corrected chi connectivity index (χ1v) is 14.5. The highest BCUT2D eigenvalue weighted by Gasteiger charge is 2.36. The summed E-state index contributed by atoms with van der Waals surface area (Å²) in [6, 6.07) is 14.7. The van der Waals surface area contributed by atoms with E-state index in [0.717, 1.165) is 34.7 Å². The fraction of sp³-hybridized carbons (Fsp3) is 0.200. The smallest absolute Gasteiger partial charge is 0.368 e. The Morgan fingerprint density at radius 3 is 2.47 bits per heavy atom. The van der Waals surface area contributed by atoms with E-state index in [-0.39, 0.29) is 17.9 Å². The van der Waals surface area contributed by atoms with Crippen LogP contribution in [0.2, 0.25) is 0 Å². The van der Waals surface area contributed by atoms with Crippen LogP contribution in [0.5, 0.6) is 0 Å². The topological polar surface area (TPSA) is 71.3 Å². The Labute approximate surface area is 257 Å². The molecule has 6 rings (SSSR count). The van der Waals surface area contributed by atoms with Crippen molar-refractivity contribution in [2.45, 2.75) is 13.1 Å². The van der Waals surface area contributed by atoms with Gasteiger partial charge in [-0.3, -0.25) is 24.2 Å². The molecule has 45 heavy (non-hydrogen) atoms. The number of alkyl halides is 3. The lowest BCUT2D eigenvalue weighted by atomic mass is 10.0. The first kappa shape index (κ1) is 30.0. The molecule has 0 unspecified atom stereocenters. The van der Waals surface area contributed by atoms with E-state index in [9.17, 15) is 22.8 Å². The van der Waals surface area contributed by atoms with E-state index in [4.69, 9.17) is 0 Å². The van der Waals surface area contributed by atoms with Crippen molar-refractivity contribution in [3.63, 3.8) is 0 Å². The maximum absolute atomic E-state index is 14.5. The lowest BCUT2D eigenvalue weighted by Gasteiger charge is -2.36. The summed E-state index contributed by atoms with van der Waals surface area (Å²) in [6.07, 6.45) is 4.96. The number of pyridine rings is 3. The van der Waals surface area contributed by atoms with Gasteiger partial charge in [0.25, 0.3) is 5.56 Å². The van der Waals surface area contributed by atoms with Crippen molar-refractivity contribution >= 4 is 39.9 Å². The van der Waals surface area contributed by atoms with Gasteiger partial charge in [0.2, 0.25) is 0 Å². The number of carbonyl (C=O) groups excluding carboxylic acids is 1. The van der Waals surface area contributed by atoms with Gasteiger partial charge >= 0.3 is 6.18 Å². The molecule has 3 aromatic heterocycles. The molecule has 5 aromatic rings. The summed E-state index contributed by atoms with van der Waals surface area (Å²) in [6.45, 7) is 7.54. The molecule has 228 valence electrons. The quantitative estimate of drug-likeness (QED) is 0.120. The summed E-state index contributed by atoms with van der Waals surface area (Å²) in [4.78, 5) is 37.0. The summed E-state index contributed by atoms with van der Waals surface area (Å²) in [5.74, 6) is 0. The maximum atomic E-state index is 14.5. The van der Waals surface area contributed by atoms with Crippen molar-refractivity contribution in [1.82, 2.24) is 19.4 Å². The number of fused-ring (bicyclic) bond motifs is 3. The van der Waals surface area contributed by atoms with Crippen molar-refractivity contribution in [3.8, 4) is 16.8 Å². The number of anilines is 1. The lowest BCUT2D eigenvalue weighted by Crippen LogP contribution is -2.47. The summed E-state index contributed by atoms with van der Waals surface area (Å²) in [7, 11) is 0. The summed E-state index contributed by atoms with van der Waals surface area (Å²) in [5, 5.41) is 1.23. The Hall–Kier alpha value is -5.09. The SMILES string of the molecule is C=C/C=C\c1cc(-c2ccc3ncc4ccc(=O)n(-c5ccc(N6CCN(CC=O)CC6)c(C(F)(F)F)c5)c4c3c2)cnc1C. The number of benzene rings is 2. The molecule has 1 fully saturated rings. The van der Waals surface area contributed by atoms with Crippen LogP contribution in [-0.2, 0) is 11.0 Å². The first-order valence-electron chi connectivity index (χ1n) is 14.5. The lowest BCUT2D eigenvalue weighted by molar-refractivity contribution is -0.137. The number of piperazine rings is 1. The van der Waals surface area contributed by atoms with Crippen molar-refractivity contribution in [2.24, 2.45) is 0 Å². The zero-order valence-electron chi connectivity index (χ0n) is 24.6. The Bertz CT molecular complexity index is 2020. The molecule has 0 N–H and O–H groups in total. The molecule has 2 aromatic carbocycles. The number of nitrogens with zero attached hydrogens (tertiary/aromatic N) is 5. The number of carbonyl (C=O) groups is 1. The Morgan fingerprint density at radius 2 is 1.73 bits per heavy atom. The number of aldehydes is 1. The fourth-order valence-electron chi connectivity index (χ4n) is 5.84. The number of allylic oxidation sites excluding steroid dienone is 2. The van der Waals surface area contributed by atoms with Crippen LogP contribution in [0.15, 0.2) is 90.5 Å². The third-order valence-electron chi connectivity index (χ3n) is 8.18. The molecule has 0 aliphatic carbocycles. The molecule has 0 saturated carbocycles. The summed E-state index contributed by atoms with van der Waals surface area (Å²) >= 11 is 0. The highest BCUT2D eigenvalue weighted by Crippen LogP contribution is 2.39. The van der Waals surface area contributed by atoms with Crippen molar-refractivity contribution in [1.29, 1.82) is 0 Å². The Kier molecular flexibility index (Phi) is 8.07. The largest absolute Gasteiger partial charge is 0.418 e. The molecule has 0 bridgehead atoms. The van der Waals surface area contributed by atoms with Crippen LogP contribution in [0.4, 0.5) is 18.9 Å². The molecule has 0 spiro atoms. The molecule has 1 aliphatic rings. The molecular weight excluding hydrogens is 579 g/mol. The van der Waals surface area contributed by atoms with E-state index < -0.39 is 17.3 Å². The molecule has 7 nitrogen and oxygen atoms in total. The highest BCUT2D eigenvalue weighted by molar-refractivity contribution is 6.05. The molecule has 4 heterocycles. The van der Waals surface area contributed by atoms with Crippen molar-refractivity contribution < 1.29 is 18.0 Å². The Balaban J connectivity index is 1.51. The predicted molar refractivity (Wildman–Crippen MR) is 172 cm³/mol. The fourth-order valence-corrected chi connectivity index (χ4v) is 5.84. The van der Waals surface area contributed by atoms with Gasteiger partial charge in [-0.1, -0.05) is 30.9 Å². The second-order valence-electron chi connectivity index (χ2n) is 10.9. The van der Waals surface area contributed by atoms with Gasteiger partial charge in [0.05, 0.1) is 28.8 Å². The number of halogens is 3. The number of aromatic nitrogens is 3. The van der Waals surface area contributed by atoms with Crippen LogP contribution in [0.1, 0.15) is 16.8 Å². The van der Waals surface area contributed by atoms with Gasteiger partial charge in [-0.2, -0.15) is 13.2 Å². The van der Waals surface area contributed by atoms with E-state index in [0.29, 0.717) is 48.0 Å². The van der Waals surface area contributed by atoms with E-state index in [2.05, 4.69) is 16.5 Å². The second kappa shape index (κ2) is 12.1. The summed E-state index contributed by atoms with van der Waals surface area (Å²) in [5.41, 5.74) is 3.36. The number of hydrogen-bond acceptors (Lipinski definition) is 6. The second-order valence-corrected chi connectivity index (χ2v) is 10.9. The van der Waals surface area contributed by atoms with Crippen LogP contribution >= 0.6 is 0 Å². The average Bonchev–Trinajstić information content (AvgIpc) is 3.04. The van der Waals surface area contributed by atoms with Crippen LogP contribution in [-0.4, -0.2) is 58.4 Å². The van der Waals surface area contributed by atoms with Gasteiger partial charge in [-0.25, -0.2) is 0 Å². The minimum absolute atomic E-state index is 0.0484. The summed E-state index contributed by atoms with van der Waals surface area (Å²) < 4.78 is 45.0. The third kappa shape index (κ3) is 5.88. The van der Waals surface area contributed by atoms with Gasteiger partial charge in [-0.15, -0.1) is 0 Å². The number of aryl methyl sites for hydroxylation is 1. The maximum Gasteiger partial charge on any atom is 0.418 e. The molecule has 10 heteroatoms. The van der Waals surface area contributed by atoms with Crippen molar-refractivity contribution in [2.75, 3.05) is 37.6 Å². The molecule has 0 amide bonds. The molecule has 0 atom stereocenters. The molecule has 1 saturated heterocycles. The molecule has 1 aliphatic heterocycles. The minimum Gasteiger partial charge on any atom is -0.368 e. The van der Waals surface area contributed by atoms with E-state index in [1.54, 1.807) is 35.5 Å². The van der Waals surface area contributed by atoms with E-state index in [1.807, 2.05) is 48.2 Å². The standard InChI is InChI=1S/C35H30F3N5O2/c1-3-4-5-24-18-27(22-39-23(24)2)25-6-9-31-29(19-25)34-26(21-40-31)7-11-33(45)43(34)28-8-10-32(30(20-28)35(36,37)38)42-14-12-41(13-15-42)16-17-44/h3-11,17-22H,1,12-16H2,2H3/b5-4-. The zero-order valence-corrected chi connectivity index (χ0v) is 24.6. The van der Waals surface area contributed by atoms with E-state index >= 15 is 0 Å². The highest BCUT2D eigenvalue weighted by atomic mass is 19.4.